The van der Waals surface area contributed by atoms with Crippen molar-refractivity contribution in [2.75, 3.05) is 13.1 Å². The number of carbonyl (C=O) groups excluding carboxylic acids is 2. The number of hydrogen-bond acceptors (Lipinski definition) is 4. The fourth-order valence-corrected chi connectivity index (χ4v) is 4.58. The predicted molar refractivity (Wildman–Crippen MR) is 134 cm³/mol. The Morgan fingerprint density at radius 2 is 1.94 bits per heavy atom. The second-order valence-electron chi connectivity index (χ2n) is 8.74. The van der Waals surface area contributed by atoms with Crippen LogP contribution in [0.3, 0.4) is 0 Å². The average Bonchev–Trinajstić information content (AvgIpc) is 3.17. The van der Waals surface area contributed by atoms with Crippen LogP contribution in [0.1, 0.15) is 41.3 Å². The number of nitrogens with one attached hydrogen (secondary N) is 1. The van der Waals surface area contributed by atoms with Crippen molar-refractivity contribution in [3.8, 4) is 6.07 Å². The molecular formula is C27H23ClF2N4O2. The summed E-state index contributed by atoms with van der Waals surface area (Å²) in [4.78, 5) is 30.5. The van der Waals surface area contributed by atoms with Gasteiger partial charge in [0.2, 0.25) is 5.91 Å². The molecule has 0 aliphatic carbocycles. The molecule has 2 heterocycles. The second-order valence-corrected chi connectivity index (χ2v) is 9.18. The number of hydrogen-bond donors (Lipinski definition) is 1. The van der Waals surface area contributed by atoms with Gasteiger partial charge in [-0.1, -0.05) is 48.9 Å². The van der Waals surface area contributed by atoms with E-state index >= 15 is 0 Å². The van der Waals surface area contributed by atoms with E-state index < -0.39 is 42.8 Å². The summed E-state index contributed by atoms with van der Waals surface area (Å²) in [5.41, 5.74) is 0.112. The number of pyridine rings is 1. The van der Waals surface area contributed by atoms with Crippen molar-refractivity contribution in [2.24, 2.45) is 0 Å². The minimum atomic E-state index is -3.15. The van der Waals surface area contributed by atoms with Gasteiger partial charge in [-0.3, -0.25) is 14.6 Å². The van der Waals surface area contributed by atoms with Crippen LogP contribution in [0.4, 0.5) is 8.78 Å². The summed E-state index contributed by atoms with van der Waals surface area (Å²) >= 11 is 6.04. The predicted octanol–water partition coefficient (Wildman–Crippen LogP) is 5.33. The number of alkyl halides is 2. The van der Waals surface area contributed by atoms with Crippen molar-refractivity contribution < 1.29 is 18.4 Å². The molecule has 1 saturated heterocycles. The Hall–Kier alpha value is -3.83. The van der Waals surface area contributed by atoms with Gasteiger partial charge in [0.1, 0.15) is 5.54 Å². The number of benzene rings is 2. The summed E-state index contributed by atoms with van der Waals surface area (Å²) in [6.45, 7) is 0.241. The Labute approximate surface area is 212 Å². The van der Waals surface area contributed by atoms with Crippen LogP contribution in [-0.4, -0.2) is 46.2 Å². The zero-order chi connectivity index (χ0) is 25.9. The van der Waals surface area contributed by atoms with Crippen LogP contribution in [-0.2, 0) is 4.79 Å². The highest BCUT2D eigenvalue weighted by Gasteiger charge is 2.56. The summed E-state index contributed by atoms with van der Waals surface area (Å²) < 4.78 is 28.0. The van der Waals surface area contributed by atoms with Crippen LogP contribution < -0.4 is 5.32 Å². The number of carbonyl (C=O) groups is 2. The van der Waals surface area contributed by atoms with Crippen LogP contribution in [0.2, 0.25) is 5.02 Å². The zero-order valence-electron chi connectivity index (χ0n) is 19.5. The van der Waals surface area contributed by atoms with Crippen molar-refractivity contribution in [1.82, 2.24) is 15.2 Å². The van der Waals surface area contributed by atoms with E-state index in [-0.39, 0.29) is 12.0 Å². The number of aromatic nitrogens is 1. The average molecular weight is 509 g/mol. The van der Waals surface area contributed by atoms with Gasteiger partial charge in [-0.15, -0.1) is 0 Å². The number of fused-ring (bicyclic) bond motifs is 1. The van der Waals surface area contributed by atoms with Gasteiger partial charge in [-0.25, -0.2) is 8.78 Å². The first kappa shape index (κ1) is 25.3. The molecule has 0 spiro atoms. The topological polar surface area (TPSA) is 86.1 Å². The molecule has 0 radical (unpaired) electrons. The molecule has 2 aromatic carbocycles. The van der Waals surface area contributed by atoms with Gasteiger partial charge < -0.3 is 10.2 Å². The molecule has 1 aliphatic heterocycles. The molecule has 9 heteroatoms. The maximum Gasteiger partial charge on any atom is 0.268 e. The number of halogens is 3. The van der Waals surface area contributed by atoms with Crippen LogP contribution in [0.25, 0.3) is 22.9 Å². The Morgan fingerprint density at radius 3 is 2.69 bits per heavy atom. The highest BCUT2D eigenvalue weighted by molar-refractivity contribution is 6.31. The molecule has 1 aromatic heterocycles. The molecule has 0 saturated carbocycles. The van der Waals surface area contributed by atoms with Crippen molar-refractivity contribution in [3.05, 3.63) is 76.6 Å². The van der Waals surface area contributed by atoms with E-state index in [1.165, 1.54) is 18.5 Å². The first-order chi connectivity index (χ1) is 17.2. The van der Waals surface area contributed by atoms with E-state index in [9.17, 15) is 23.6 Å². The van der Waals surface area contributed by atoms with E-state index in [1.54, 1.807) is 13.0 Å². The van der Waals surface area contributed by atoms with Crippen molar-refractivity contribution >= 4 is 46.3 Å². The third kappa shape index (κ3) is 5.21. The Kier molecular flexibility index (Phi) is 7.04. The number of nitrogens with zero attached hydrogens (tertiary/aromatic N) is 3. The molecule has 4 rings (SSSR count). The maximum atomic E-state index is 14.0. The monoisotopic (exact) mass is 508 g/mol. The molecule has 0 unspecified atom stereocenters. The molecule has 6 nitrogen and oxygen atoms in total. The summed E-state index contributed by atoms with van der Waals surface area (Å²) in [6.07, 6.45) is 5.90. The summed E-state index contributed by atoms with van der Waals surface area (Å²) in [5.74, 6) is -4.43. The summed E-state index contributed by atoms with van der Waals surface area (Å²) in [6, 6.07) is 14.8. The fourth-order valence-electron chi connectivity index (χ4n) is 4.40. The maximum absolute atomic E-state index is 14.0. The Bertz CT molecular complexity index is 1400. The molecule has 1 atom stereocenters. The van der Waals surface area contributed by atoms with Gasteiger partial charge >= 0.3 is 0 Å². The lowest BCUT2D eigenvalue weighted by molar-refractivity contribution is -0.133. The zero-order valence-corrected chi connectivity index (χ0v) is 20.2. The largest absolute Gasteiger partial charge is 0.343 e. The minimum Gasteiger partial charge on any atom is -0.343 e. The number of amides is 2. The highest BCUT2D eigenvalue weighted by atomic mass is 35.5. The molecule has 36 heavy (non-hydrogen) atoms. The molecule has 1 aliphatic rings. The van der Waals surface area contributed by atoms with Gasteiger partial charge in [0.25, 0.3) is 11.8 Å². The Balaban J connectivity index is 1.48. The fraction of sp³-hybridized carbons (Fsp3) is 0.259. The van der Waals surface area contributed by atoms with Gasteiger partial charge in [0.05, 0.1) is 19.2 Å². The molecule has 2 amide bonds. The third-order valence-corrected chi connectivity index (χ3v) is 6.56. The molecule has 0 bridgehead atoms. The van der Waals surface area contributed by atoms with Gasteiger partial charge in [-0.2, -0.15) is 5.26 Å². The van der Waals surface area contributed by atoms with E-state index in [0.29, 0.717) is 10.6 Å². The Morgan fingerprint density at radius 1 is 1.19 bits per heavy atom. The molecule has 3 aromatic rings. The molecular weight excluding hydrogens is 486 g/mol. The summed E-state index contributed by atoms with van der Waals surface area (Å²) in [5, 5.41) is 14.7. The normalized spacial score (nSPS) is 18.9. The lowest BCUT2D eigenvalue weighted by Crippen LogP contribution is -2.49. The first-order valence-electron chi connectivity index (χ1n) is 11.4. The van der Waals surface area contributed by atoms with E-state index in [4.69, 9.17) is 11.6 Å². The van der Waals surface area contributed by atoms with E-state index in [2.05, 4.69) is 10.3 Å². The molecule has 1 fully saturated rings. The van der Waals surface area contributed by atoms with Crippen LogP contribution in [0, 0.1) is 11.3 Å². The highest BCUT2D eigenvalue weighted by Crippen LogP contribution is 2.41. The van der Waals surface area contributed by atoms with Crippen molar-refractivity contribution in [2.45, 2.75) is 31.2 Å². The van der Waals surface area contributed by atoms with Gasteiger partial charge in [-0.05, 0) is 47.0 Å². The van der Waals surface area contributed by atoms with Crippen LogP contribution in [0.5, 0.6) is 0 Å². The van der Waals surface area contributed by atoms with Crippen LogP contribution >= 0.6 is 11.6 Å². The lowest BCUT2D eigenvalue weighted by atomic mass is 9.94. The number of likely N-dealkylation sites (tertiary alicyclic amines) is 1. The smallest absolute Gasteiger partial charge is 0.268 e. The first-order valence-corrected chi connectivity index (χ1v) is 11.7. The van der Waals surface area contributed by atoms with Crippen molar-refractivity contribution in [3.63, 3.8) is 0 Å². The third-order valence-electron chi connectivity index (χ3n) is 6.33. The van der Waals surface area contributed by atoms with E-state index in [1.807, 2.05) is 48.5 Å². The van der Waals surface area contributed by atoms with E-state index in [0.717, 1.165) is 21.2 Å². The SMILES string of the molecule is CC[C@@]1(C#N)CC(F)(F)CN1C(=O)CNC(=O)c1ccncc1/C=C/c1ccc2cc(Cl)ccc2c1. The number of rotatable bonds is 6. The quantitative estimate of drug-likeness (QED) is 0.487. The molecule has 1 N–H and O–H groups in total. The second kappa shape index (κ2) is 10.0. The number of nitriles is 1. The minimum absolute atomic E-state index is 0.0693. The lowest BCUT2D eigenvalue weighted by Gasteiger charge is -2.30. The van der Waals surface area contributed by atoms with Gasteiger partial charge in [0, 0.05) is 35.0 Å². The van der Waals surface area contributed by atoms with Crippen molar-refractivity contribution in [1.29, 1.82) is 5.26 Å². The standard InChI is InChI=1S/C27H23ClF2N4O2/c1-2-26(16-31)15-27(29,30)17-34(26)24(35)14-33-25(36)23-9-10-32-13-21(23)6-4-18-3-5-20-12-22(28)8-7-19(20)11-18/h3-13H,2,14-15,17H2,1H3,(H,33,36)/b6-4+/t26-/m0/s1. The van der Waals surface area contributed by atoms with Gasteiger partial charge in [0.15, 0.2) is 0 Å². The molecule has 184 valence electrons. The summed E-state index contributed by atoms with van der Waals surface area (Å²) in [7, 11) is 0. The van der Waals surface area contributed by atoms with Crippen LogP contribution in [0.15, 0.2) is 54.9 Å².